The molecule has 0 radical (unpaired) electrons. The molecule has 1 amide bonds. The highest BCUT2D eigenvalue weighted by molar-refractivity contribution is 7.89. The van der Waals surface area contributed by atoms with Crippen LogP contribution in [-0.4, -0.2) is 32.2 Å². The van der Waals surface area contributed by atoms with Gasteiger partial charge in [0.15, 0.2) is 0 Å². The summed E-state index contributed by atoms with van der Waals surface area (Å²) in [6.07, 6.45) is -4.28. The minimum Gasteiger partial charge on any atom is -0.326 e. The quantitative estimate of drug-likeness (QED) is 0.770. The van der Waals surface area contributed by atoms with Crippen molar-refractivity contribution in [3.05, 3.63) is 60.2 Å². The number of nitrogens with zero attached hydrogens (tertiary/aromatic N) is 1. The van der Waals surface area contributed by atoms with Crippen LogP contribution in [0.5, 0.6) is 0 Å². The summed E-state index contributed by atoms with van der Waals surface area (Å²) >= 11 is 0. The number of carbonyl (C=O) groups excluding carboxylic acids is 1. The summed E-state index contributed by atoms with van der Waals surface area (Å²) < 4.78 is 63.9. The van der Waals surface area contributed by atoms with E-state index in [-0.39, 0.29) is 30.0 Å². The number of hydrogen-bond donors (Lipinski definition) is 1. The molecule has 0 aliphatic heterocycles. The van der Waals surface area contributed by atoms with Gasteiger partial charge in [-0.1, -0.05) is 24.3 Å². The predicted molar refractivity (Wildman–Crippen MR) is 95.6 cm³/mol. The lowest BCUT2D eigenvalue weighted by atomic mass is 10.2. The lowest BCUT2D eigenvalue weighted by Crippen LogP contribution is -2.28. The third kappa shape index (κ3) is 5.80. The molecule has 2 rings (SSSR count). The summed E-state index contributed by atoms with van der Waals surface area (Å²) in [5, 5.41) is 2.39. The van der Waals surface area contributed by atoms with Crippen molar-refractivity contribution in [1.82, 2.24) is 4.31 Å². The van der Waals surface area contributed by atoms with Crippen LogP contribution < -0.4 is 5.32 Å². The number of rotatable bonds is 7. The van der Waals surface area contributed by atoms with Gasteiger partial charge in [0.2, 0.25) is 15.9 Å². The SMILES string of the molecule is CN(CCCC(=O)Nc1cccc(C(F)(F)F)c1)S(=O)(=O)c1ccccc1. The fraction of sp³-hybridized carbons (Fsp3) is 0.278. The highest BCUT2D eigenvalue weighted by Crippen LogP contribution is 2.30. The van der Waals surface area contributed by atoms with Crippen LogP contribution in [0.25, 0.3) is 0 Å². The van der Waals surface area contributed by atoms with E-state index in [1.54, 1.807) is 18.2 Å². The van der Waals surface area contributed by atoms with E-state index in [1.165, 1.54) is 31.3 Å². The zero-order valence-corrected chi connectivity index (χ0v) is 15.3. The van der Waals surface area contributed by atoms with Crippen LogP contribution in [0, 0.1) is 0 Å². The molecule has 0 saturated heterocycles. The van der Waals surface area contributed by atoms with Crippen molar-refractivity contribution in [2.24, 2.45) is 0 Å². The summed E-state index contributed by atoms with van der Waals surface area (Å²) in [4.78, 5) is 12.1. The lowest BCUT2D eigenvalue weighted by Gasteiger charge is -2.17. The molecule has 0 aliphatic carbocycles. The molecule has 1 N–H and O–H groups in total. The predicted octanol–water partition coefficient (Wildman–Crippen LogP) is 3.74. The third-order valence-corrected chi connectivity index (χ3v) is 5.67. The Hall–Kier alpha value is -2.39. The fourth-order valence-corrected chi connectivity index (χ4v) is 3.58. The number of hydrogen-bond acceptors (Lipinski definition) is 3. The average Bonchev–Trinajstić information content (AvgIpc) is 2.61. The number of alkyl halides is 3. The molecule has 0 bridgehead atoms. The largest absolute Gasteiger partial charge is 0.416 e. The molecule has 0 heterocycles. The number of amides is 1. The number of halogens is 3. The van der Waals surface area contributed by atoms with E-state index in [0.29, 0.717) is 0 Å². The number of sulfonamides is 1. The molecule has 0 fully saturated rings. The van der Waals surface area contributed by atoms with Gasteiger partial charge in [-0.15, -0.1) is 0 Å². The molecule has 9 heteroatoms. The van der Waals surface area contributed by atoms with Crippen molar-refractivity contribution in [2.45, 2.75) is 23.9 Å². The van der Waals surface area contributed by atoms with E-state index >= 15 is 0 Å². The molecule has 5 nitrogen and oxygen atoms in total. The lowest BCUT2D eigenvalue weighted by molar-refractivity contribution is -0.137. The van der Waals surface area contributed by atoms with Gasteiger partial charge in [-0.05, 0) is 36.8 Å². The van der Waals surface area contributed by atoms with Crippen molar-refractivity contribution in [1.29, 1.82) is 0 Å². The summed E-state index contributed by atoms with van der Waals surface area (Å²) in [6, 6.07) is 12.2. The second-order valence-electron chi connectivity index (χ2n) is 5.87. The van der Waals surface area contributed by atoms with E-state index in [4.69, 9.17) is 0 Å². The van der Waals surface area contributed by atoms with Gasteiger partial charge in [-0.25, -0.2) is 12.7 Å². The zero-order chi connectivity index (χ0) is 20.1. The van der Waals surface area contributed by atoms with Crippen molar-refractivity contribution in [3.8, 4) is 0 Å². The number of nitrogens with one attached hydrogen (secondary N) is 1. The van der Waals surface area contributed by atoms with Crippen LogP contribution >= 0.6 is 0 Å². The monoisotopic (exact) mass is 400 g/mol. The highest BCUT2D eigenvalue weighted by atomic mass is 32.2. The van der Waals surface area contributed by atoms with Crippen LogP contribution in [0.1, 0.15) is 18.4 Å². The van der Waals surface area contributed by atoms with E-state index in [0.717, 1.165) is 16.4 Å². The zero-order valence-electron chi connectivity index (χ0n) is 14.5. The Labute approximate surface area is 155 Å². The van der Waals surface area contributed by atoms with Gasteiger partial charge in [0, 0.05) is 25.7 Å². The van der Waals surface area contributed by atoms with Crippen molar-refractivity contribution in [3.63, 3.8) is 0 Å². The van der Waals surface area contributed by atoms with Crippen LogP contribution in [0.4, 0.5) is 18.9 Å². The Morgan fingerprint density at radius 1 is 1.07 bits per heavy atom. The summed E-state index contributed by atoms with van der Waals surface area (Å²) in [7, 11) is -2.23. The maximum absolute atomic E-state index is 12.7. The summed E-state index contributed by atoms with van der Waals surface area (Å²) in [6.45, 7) is 0.104. The Morgan fingerprint density at radius 3 is 2.37 bits per heavy atom. The molecule has 0 unspecified atom stereocenters. The minimum absolute atomic E-state index is 0.0229. The van der Waals surface area contributed by atoms with Crippen LogP contribution in [-0.2, 0) is 21.0 Å². The summed E-state index contributed by atoms with van der Waals surface area (Å²) in [5.41, 5.74) is -0.811. The molecule has 146 valence electrons. The Morgan fingerprint density at radius 2 is 1.74 bits per heavy atom. The van der Waals surface area contributed by atoms with Gasteiger partial charge in [-0.3, -0.25) is 4.79 Å². The summed E-state index contributed by atoms with van der Waals surface area (Å²) in [5.74, 6) is -0.486. The second kappa shape index (κ2) is 8.53. The molecule has 0 atom stereocenters. The first-order valence-electron chi connectivity index (χ1n) is 8.09. The second-order valence-corrected chi connectivity index (χ2v) is 7.91. The van der Waals surface area contributed by atoms with E-state index in [9.17, 15) is 26.4 Å². The number of carbonyl (C=O) groups is 1. The van der Waals surface area contributed by atoms with E-state index < -0.39 is 27.7 Å². The van der Waals surface area contributed by atoms with Gasteiger partial charge in [0.25, 0.3) is 0 Å². The smallest absolute Gasteiger partial charge is 0.326 e. The molecule has 2 aromatic carbocycles. The highest BCUT2D eigenvalue weighted by Gasteiger charge is 2.30. The fourth-order valence-electron chi connectivity index (χ4n) is 2.35. The molecule has 0 aliphatic rings. The number of anilines is 1. The van der Waals surface area contributed by atoms with Crippen molar-refractivity contribution in [2.75, 3.05) is 18.9 Å². The molecule has 0 aromatic heterocycles. The Bertz CT molecular complexity index is 884. The maximum Gasteiger partial charge on any atom is 0.416 e. The van der Waals surface area contributed by atoms with Crippen LogP contribution in [0.3, 0.4) is 0 Å². The minimum atomic E-state index is -4.49. The number of benzene rings is 2. The third-order valence-electron chi connectivity index (χ3n) is 3.80. The normalized spacial score (nSPS) is 12.2. The van der Waals surface area contributed by atoms with Crippen molar-refractivity contribution >= 4 is 21.6 Å². The van der Waals surface area contributed by atoms with Gasteiger partial charge >= 0.3 is 6.18 Å². The van der Waals surface area contributed by atoms with Gasteiger partial charge in [0.05, 0.1) is 10.5 Å². The molecular weight excluding hydrogens is 381 g/mol. The van der Waals surface area contributed by atoms with Gasteiger partial charge in [0.1, 0.15) is 0 Å². The standard InChI is InChI=1S/C18H19F3N2O3S/c1-23(27(25,26)16-9-3-2-4-10-16)12-6-11-17(24)22-15-8-5-7-14(13-15)18(19,20)21/h2-5,7-10,13H,6,11-12H2,1H3,(H,22,24). The first-order chi connectivity index (χ1) is 12.6. The van der Waals surface area contributed by atoms with Crippen LogP contribution in [0.2, 0.25) is 0 Å². The van der Waals surface area contributed by atoms with Gasteiger partial charge < -0.3 is 5.32 Å². The van der Waals surface area contributed by atoms with E-state index in [1.807, 2.05) is 0 Å². The Kier molecular flexibility index (Phi) is 6.61. The molecule has 27 heavy (non-hydrogen) atoms. The first kappa shape index (κ1) is 20.9. The average molecular weight is 400 g/mol. The van der Waals surface area contributed by atoms with E-state index in [2.05, 4.69) is 5.32 Å². The molecule has 0 spiro atoms. The Balaban J connectivity index is 1.88. The topological polar surface area (TPSA) is 66.5 Å². The molecule has 0 saturated carbocycles. The maximum atomic E-state index is 12.7. The van der Waals surface area contributed by atoms with Crippen LogP contribution in [0.15, 0.2) is 59.5 Å². The first-order valence-corrected chi connectivity index (χ1v) is 9.53. The molecular formula is C18H19F3N2O3S. The van der Waals surface area contributed by atoms with Gasteiger partial charge in [-0.2, -0.15) is 13.2 Å². The van der Waals surface area contributed by atoms with Crippen molar-refractivity contribution < 1.29 is 26.4 Å². The molecule has 2 aromatic rings.